The second kappa shape index (κ2) is 5.95. The molecule has 4 heteroatoms. The van der Waals surface area contributed by atoms with Crippen molar-refractivity contribution in [1.29, 1.82) is 0 Å². The van der Waals surface area contributed by atoms with Gasteiger partial charge in [-0.1, -0.05) is 30.3 Å². The monoisotopic (exact) mass is 288 g/mol. The number of halogens is 1. The van der Waals surface area contributed by atoms with Crippen molar-refractivity contribution in [3.8, 4) is 5.75 Å². The van der Waals surface area contributed by atoms with E-state index in [1.54, 1.807) is 56.5 Å². The van der Waals surface area contributed by atoms with Gasteiger partial charge in [0.05, 0.1) is 12.5 Å². The number of benzene rings is 2. The van der Waals surface area contributed by atoms with Gasteiger partial charge in [0.1, 0.15) is 11.6 Å². The second-order valence-electron chi connectivity index (χ2n) is 5.13. The Morgan fingerprint density at radius 2 is 1.81 bits per heavy atom. The minimum absolute atomic E-state index is 0.0847. The average molecular weight is 288 g/mol. The predicted molar refractivity (Wildman–Crippen MR) is 78.1 cm³/mol. The van der Waals surface area contributed by atoms with Crippen molar-refractivity contribution < 1.29 is 19.0 Å². The van der Waals surface area contributed by atoms with Gasteiger partial charge in [-0.3, -0.25) is 4.79 Å². The average Bonchev–Trinajstić information content (AvgIpc) is 2.49. The number of hydrogen-bond acceptors (Lipinski definition) is 2. The van der Waals surface area contributed by atoms with Crippen LogP contribution in [0.3, 0.4) is 0 Å². The summed E-state index contributed by atoms with van der Waals surface area (Å²) < 4.78 is 18.9. The lowest BCUT2D eigenvalue weighted by Crippen LogP contribution is -2.35. The molecule has 0 saturated carbocycles. The van der Waals surface area contributed by atoms with Gasteiger partial charge in [0, 0.05) is 0 Å². The Hall–Kier alpha value is -2.36. The Morgan fingerprint density at radius 3 is 2.33 bits per heavy atom. The fourth-order valence-corrected chi connectivity index (χ4v) is 2.28. The third-order valence-electron chi connectivity index (χ3n) is 3.70. The summed E-state index contributed by atoms with van der Waals surface area (Å²) in [5, 5.41) is 9.61. The molecule has 2 aromatic rings. The number of hydrogen-bond donors (Lipinski definition) is 1. The van der Waals surface area contributed by atoms with Crippen molar-refractivity contribution in [2.45, 2.75) is 18.8 Å². The van der Waals surface area contributed by atoms with Gasteiger partial charge >= 0.3 is 5.97 Å². The highest BCUT2D eigenvalue weighted by Gasteiger charge is 2.36. The molecule has 0 fully saturated rings. The molecule has 0 radical (unpaired) electrons. The summed E-state index contributed by atoms with van der Waals surface area (Å²) in [4.78, 5) is 11.7. The highest BCUT2D eigenvalue weighted by Crippen LogP contribution is 2.30. The van der Waals surface area contributed by atoms with E-state index in [2.05, 4.69) is 0 Å². The lowest BCUT2D eigenvalue weighted by Gasteiger charge is -2.26. The van der Waals surface area contributed by atoms with Crippen LogP contribution in [0.25, 0.3) is 0 Å². The number of ether oxygens (including phenoxy) is 1. The minimum atomic E-state index is -1.20. The predicted octanol–water partition coefficient (Wildman–Crippen LogP) is 3.42. The molecular formula is C17H17FO3. The molecule has 3 nitrogen and oxygen atoms in total. The maximum absolute atomic E-state index is 13.8. The number of carboxylic acids is 1. The number of carbonyl (C=O) groups is 1. The molecule has 0 saturated heterocycles. The normalized spacial score (nSPS) is 13.5. The Labute approximate surface area is 123 Å². The van der Waals surface area contributed by atoms with Crippen LogP contribution in [0.5, 0.6) is 5.75 Å². The van der Waals surface area contributed by atoms with E-state index in [1.807, 2.05) is 0 Å². The Morgan fingerprint density at radius 1 is 1.19 bits per heavy atom. The van der Waals surface area contributed by atoms with E-state index in [0.29, 0.717) is 16.9 Å². The molecule has 0 aliphatic carbocycles. The van der Waals surface area contributed by atoms with E-state index >= 15 is 0 Å². The molecule has 2 rings (SSSR count). The topological polar surface area (TPSA) is 46.5 Å². The zero-order chi connectivity index (χ0) is 15.5. The summed E-state index contributed by atoms with van der Waals surface area (Å²) in [6.45, 7) is 1.60. The van der Waals surface area contributed by atoms with Gasteiger partial charge in [-0.15, -0.1) is 0 Å². The van der Waals surface area contributed by atoms with Crippen molar-refractivity contribution in [1.82, 2.24) is 0 Å². The van der Waals surface area contributed by atoms with Crippen LogP contribution in [0, 0.1) is 5.82 Å². The number of aliphatic carboxylic acids is 1. The third kappa shape index (κ3) is 3.05. The summed E-state index contributed by atoms with van der Waals surface area (Å²) in [5.41, 5.74) is -0.202. The standard InChI is InChI=1S/C17H17FO3/c1-17(16(19)20,11-12-5-3-4-6-15(12)18)13-7-9-14(21-2)10-8-13/h3-10H,11H2,1-2H3,(H,19,20). The molecule has 2 aromatic carbocycles. The third-order valence-corrected chi connectivity index (χ3v) is 3.70. The van der Waals surface area contributed by atoms with Crippen LogP contribution in [-0.4, -0.2) is 18.2 Å². The van der Waals surface area contributed by atoms with Gasteiger partial charge < -0.3 is 9.84 Å². The molecule has 0 aliphatic heterocycles. The fourth-order valence-electron chi connectivity index (χ4n) is 2.28. The van der Waals surface area contributed by atoms with E-state index in [9.17, 15) is 14.3 Å². The molecule has 0 bridgehead atoms. The largest absolute Gasteiger partial charge is 0.497 e. The summed E-state index contributed by atoms with van der Waals surface area (Å²) in [6, 6.07) is 13.1. The Kier molecular flexibility index (Phi) is 4.26. The van der Waals surface area contributed by atoms with Gasteiger partial charge in [0.25, 0.3) is 0 Å². The lowest BCUT2D eigenvalue weighted by molar-refractivity contribution is -0.143. The van der Waals surface area contributed by atoms with Crippen LogP contribution in [0.2, 0.25) is 0 Å². The van der Waals surface area contributed by atoms with E-state index < -0.39 is 17.2 Å². The summed E-state index contributed by atoms with van der Waals surface area (Å²) >= 11 is 0. The molecule has 0 spiro atoms. The summed E-state index contributed by atoms with van der Waals surface area (Å²) in [7, 11) is 1.55. The SMILES string of the molecule is COc1ccc(C(C)(Cc2ccccc2F)C(=O)O)cc1. The van der Waals surface area contributed by atoms with Gasteiger partial charge in [-0.25, -0.2) is 4.39 Å². The van der Waals surface area contributed by atoms with E-state index in [0.717, 1.165) is 0 Å². The van der Waals surface area contributed by atoms with Crippen molar-refractivity contribution in [3.05, 3.63) is 65.5 Å². The van der Waals surface area contributed by atoms with Crippen LogP contribution >= 0.6 is 0 Å². The first-order valence-corrected chi connectivity index (χ1v) is 6.58. The second-order valence-corrected chi connectivity index (χ2v) is 5.13. The quantitative estimate of drug-likeness (QED) is 0.917. The van der Waals surface area contributed by atoms with Gasteiger partial charge in [0.15, 0.2) is 0 Å². The van der Waals surface area contributed by atoms with Crippen LogP contribution in [0.15, 0.2) is 48.5 Å². The molecule has 0 amide bonds. The summed E-state index contributed by atoms with van der Waals surface area (Å²) in [6.07, 6.45) is 0.0847. The van der Waals surface area contributed by atoms with E-state index in [4.69, 9.17) is 4.74 Å². The minimum Gasteiger partial charge on any atom is -0.497 e. The van der Waals surface area contributed by atoms with Crippen molar-refractivity contribution >= 4 is 5.97 Å². The smallest absolute Gasteiger partial charge is 0.314 e. The van der Waals surface area contributed by atoms with Crippen LogP contribution < -0.4 is 4.74 Å². The van der Waals surface area contributed by atoms with E-state index in [-0.39, 0.29) is 6.42 Å². The lowest BCUT2D eigenvalue weighted by atomic mass is 9.77. The van der Waals surface area contributed by atoms with Crippen molar-refractivity contribution in [2.24, 2.45) is 0 Å². The maximum atomic E-state index is 13.8. The van der Waals surface area contributed by atoms with Crippen molar-refractivity contribution in [3.63, 3.8) is 0 Å². The molecule has 1 N–H and O–H groups in total. The summed E-state index contributed by atoms with van der Waals surface area (Å²) in [5.74, 6) is -0.730. The van der Waals surface area contributed by atoms with E-state index in [1.165, 1.54) is 6.07 Å². The zero-order valence-corrected chi connectivity index (χ0v) is 12.0. The van der Waals surface area contributed by atoms with Crippen molar-refractivity contribution in [2.75, 3.05) is 7.11 Å². The number of carboxylic acid groups (broad SMARTS) is 1. The highest BCUT2D eigenvalue weighted by molar-refractivity contribution is 5.81. The molecule has 110 valence electrons. The Balaban J connectivity index is 2.40. The van der Waals surface area contributed by atoms with Crippen LogP contribution in [0.4, 0.5) is 4.39 Å². The Bertz CT molecular complexity index is 637. The molecule has 0 aliphatic rings. The van der Waals surface area contributed by atoms with Gasteiger partial charge in [-0.2, -0.15) is 0 Å². The van der Waals surface area contributed by atoms with Gasteiger partial charge in [-0.05, 0) is 42.7 Å². The molecule has 1 atom stereocenters. The number of methoxy groups -OCH3 is 1. The number of rotatable bonds is 5. The fraction of sp³-hybridized carbons (Fsp3) is 0.235. The first kappa shape index (κ1) is 15.0. The van der Waals surface area contributed by atoms with Crippen LogP contribution in [0.1, 0.15) is 18.1 Å². The molecule has 1 unspecified atom stereocenters. The zero-order valence-electron chi connectivity index (χ0n) is 12.0. The van der Waals surface area contributed by atoms with Gasteiger partial charge in [0.2, 0.25) is 0 Å². The first-order valence-electron chi connectivity index (χ1n) is 6.58. The first-order chi connectivity index (χ1) is 9.97. The van der Waals surface area contributed by atoms with Crippen LogP contribution in [-0.2, 0) is 16.6 Å². The molecular weight excluding hydrogens is 271 g/mol. The highest BCUT2D eigenvalue weighted by atomic mass is 19.1. The maximum Gasteiger partial charge on any atom is 0.314 e. The molecule has 0 aromatic heterocycles. The molecule has 0 heterocycles. The molecule has 21 heavy (non-hydrogen) atoms.